The molecule has 21 heavy (non-hydrogen) atoms. The lowest BCUT2D eigenvalue weighted by Crippen LogP contribution is -2.55. The van der Waals surface area contributed by atoms with E-state index < -0.39 is 0 Å². The first kappa shape index (κ1) is 14.2. The van der Waals surface area contributed by atoms with Crippen LogP contribution in [0.3, 0.4) is 0 Å². The predicted octanol–water partition coefficient (Wildman–Crippen LogP) is 1.37. The van der Waals surface area contributed by atoms with Gasteiger partial charge in [0.1, 0.15) is 9.88 Å². The maximum Gasteiger partial charge on any atom is 0.265 e. The second-order valence-electron chi connectivity index (χ2n) is 5.61. The van der Waals surface area contributed by atoms with Gasteiger partial charge >= 0.3 is 0 Å². The van der Waals surface area contributed by atoms with Crippen molar-refractivity contribution >= 4 is 17.2 Å². The van der Waals surface area contributed by atoms with E-state index in [1.165, 1.54) is 11.3 Å². The van der Waals surface area contributed by atoms with Crippen LogP contribution in [-0.4, -0.2) is 50.7 Å². The maximum atomic E-state index is 12.6. The van der Waals surface area contributed by atoms with Crippen molar-refractivity contribution in [3.63, 3.8) is 0 Å². The Hall–Kier alpha value is -1.73. The van der Waals surface area contributed by atoms with Crippen molar-refractivity contribution in [2.75, 3.05) is 13.1 Å². The third-order valence-electron chi connectivity index (χ3n) is 3.51. The molecule has 2 aromatic rings. The first-order valence-electron chi connectivity index (χ1n) is 7.03. The number of hydrogen-bond acceptors (Lipinski definition) is 5. The summed E-state index contributed by atoms with van der Waals surface area (Å²) in [6.07, 6.45) is 5.34. The summed E-state index contributed by atoms with van der Waals surface area (Å²) in [5.74, 6) is 0.0721. The average Bonchev–Trinajstić information content (AvgIpc) is 3.05. The third-order valence-corrected chi connectivity index (χ3v) is 4.55. The highest BCUT2D eigenvalue weighted by molar-refractivity contribution is 7.16. The van der Waals surface area contributed by atoms with E-state index in [0.717, 1.165) is 23.7 Å². The summed E-state index contributed by atoms with van der Waals surface area (Å²) in [5.41, 5.74) is 0.948. The Labute approximate surface area is 127 Å². The number of carbonyl (C=O) groups is 1. The summed E-state index contributed by atoms with van der Waals surface area (Å²) in [4.78, 5) is 19.5. The molecule has 3 rings (SSSR count). The zero-order chi connectivity index (χ0) is 15.0. The number of carbonyl (C=O) groups excluding carboxylic acids is 1. The van der Waals surface area contributed by atoms with E-state index in [0.29, 0.717) is 17.0 Å². The minimum Gasteiger partial charge on any atom is -0.335 e. The fraction of sp³-hybridized carbons (Fsp3) is 0.500. The molecule has 0 aromatic carbocycles. The number of aryl methyl sites for hydroxylation is 1. The van der Waals surface area contributed by atoms with Crippen LogP contribution in [-0.2, 0) is 7.05 Å². The van der Waals surface area contributed by atoms with Crippen molar-refractivity contribution in [2.24, 2.45) is 7.05 Å². The molecular weight excluding hydrogens is 286 g/mol. The topological polar surface area (TPSA) is 63.1 Å². The van der Waals surface area contributed by atoms with Gasteiger partial charge in [0.15, 0.2) is 0 Å². The summed E-state index contributed by atoms with van der Waals surface area (Å²) < 4.78 is 1.73. The Bertz CT molecular complexity index is 639. The Kier molecular flexibility index (Phi) is 3.77. The van der Waals surface area contributed by atoms with Crippen molar-refractivity contribution in [1.82, 2.24) is 25.0 Å². The largest absolute Gasteiger partial charge is 0.335 e. The number of amides is 1. The SMILES string of the molecule is CC1CN(C(=O)c2cnc(-c3cnn(C)c3)s2)CC(C)N1. The smallest absolute Gasteiger partial charge is 0.265 e. The number of piperazine rings is 1. The molecule has 0 aliphatic carbocycles. The van der Waals surface area contributed by atoms with E-state index in [9.17, 15) is 4.79 Å². The highest BCUT2D eigenvalue weighted by Crippen LogP contribution is 2.25. The Morgan fingerprint density at radius 3 is 2.67 bits per heavy atom. The van der Waals surface area contributed by atoms with Crippen LogP contribution in [0.25, 0.3) is 10.6 Å². The van der Waals surface area contributed by atoms with Gasteiger partial charge in [-0.2, -0.15) is 5.10 Å². The van der Waals surface area contributed by atoms with Gasteiger partial charge in [0.2, 0.25) is 0 Å². The molecule has 2 unspecified atom stereocenters. The Balaban J connectivity index is 1.78. The van der Waals surface area contributed by atoms with Gasteiger partial charge in [-0.3, -0.25) is 9.48 Å². The van der Waals surface area contributed by atoms with E-state index in [4.69, 9.17) is 0 Å². The van der Waals surface area contributed by atoms with Gasteiger partial charge in [0.25, 0.3) is 5.91 Å². The van der Waals surface area contributed by atoms with Gasteiger partial charge in [-0.05, 0) is 13.8 Å². The van der Waals surface area contributed by atoms with E-state index >= 15 is 0 Å². The van der Waals surface area contributed by atoms with Crippen LogP contribution < -0.4 is 5.32 Å². The first-order valence-corrected chi connectivity index (χ1v) is 7.84. The number of nitrogens with zero attached hydrogens (tertiary/aromatic N) is 4. The van der Waals surface area contributed by atoms with Crippen LogP contribution in [0.15, 0.2) is 18.6 Å². The highest BCUT2D eigenvalue weighted by atomic mass is 32.1. The van der Waals surface area contributed by atoms with Crippen LogP contribution >= 0.6 is 11.3 Å². The van der Waals surface area contributed by atoms with Crippen molar-refractivity contribution in [3.05, 3.63) is 23.5 Å². The highest BCUT2D eigenvalue weighted by Gasteiger charge is 2.26. The predicted molar refractivity (Wildman–Crippen MR) is 82.3 cm³/mol. The zero-order valence-electron chi connectivity index (χ0n) is 12.4. The monoisotopic (exact) mass is 305 g/mol. The maximum absolute atomic E-state index is 12.6. The van der Waals surface area contributed by atoms with Gasteiger partial charge < -0.3 is 10.2 Å². The molecule has 0 saturated carbocycles. The average molecular weight is 305 g/mol. The van der Waals surface area contributed by atoms with Crippen molar-refractivity contribution < 1.29 is 4.79 Å². The number of rotatable bonds is 2. The van der Waals surface area contributed by atoms with Gasteiger partial charge in [-0.15, -0.1) is 11.3 Å². The molecule has 2 atom stereocenters. The standard InChI is InChI=1S/C14H19N5OS/c1-9-6-19(7-10(2)17-9)14(20)12-5-15-13(21-12)11-4-16-18(3)8-11/h4-5,8-10,17H,6-7H2,1-3H3. The summed E-state index contributed by atoms with van der Waals surface area (Å²) >= 11 is 1.43. The molecule has 1 fully saturated rings. The molecule has 6 nitrogen and oxygen atoms in total. The Morgan fingerprint density at radius 1 is 1.33 bits per heavy atom. The summed E-state index contributed by atoms with van der Waals surface area (Å²) in [6.45, 7) is 5.68. The normalized spacial score (nSPS) is 22.5. The van der Waals surface area contributed by atoms with E-state index in [1.807, 2.05) is 18.1 Å². The Morgan fingerprint density at radius 2 is 2.05 bits per heavy atom. The van der Waals surface area contributed by atoms with Crippen LogP contribution in [0.4, 0.5) is 0 Å². The molecule has 0 radical (unpaired) electrons. The summed E-state index contributed by atoms with van der Waals surface area (Å²) in [7, 11) is 1.87. The van der Waals surface area contributed by atoms with Gasteiger partial charge in [-0.1, -0.05) is 0 Å². The molecule has 1 N–H and O–H groups in total. The summed E-state index contributed by atoms with van der Waals surface area (Å²) in [6, 6.07) is 0.645. The fourth-order valence-corrected chi connectivity index (χ4v) is 3.55. The number of nitrogens with one attached hydrogen (secondary N) is 1. The van der Waals surface area contributed by atoms with Gasteiger partial charge in [0.05, 0.1) is 12.4 Å². The van der Waals surface area contributed by atoms with Crippen molar-refractivity contribution in [3.8, 4) is 10.6 Å². The molecule has 3 heterocycles. The van der Waals surface area contributed by atoms with Gasteiger partial charge in [-0.25, -0.2) is 4.98 Å². The number of hydrogen-bond donors (Lipinski definition) is 1. The first-order chi connectivity index (χ1) is 10.0. The number of aromatic nitrogens is 3. The third kappa shape index (κ3) is 2.98. The molecule has 112 valence electrons. The molecule has 1 aliphatic rings. The molecule has 1 saturated heterocycles. The molecule has 1 amide bonds. The minimum absolute atomic E-state index is 0.0721. The molecule has 2 aromatic heterocycles. The van der Waals surface area contributed by atoms with E-state index in [2.05, 4.69) is 29.2 Å². The quantitative estimate of drug-likeness (QED) is 0.910. The van der Waals surface area contributed by atoms with Crippen molar-refractivity contribution in [2.45, 2.75) is 25.9 Å². The zero-order valence-corrected chi connectivity index (χ0v) is 13.2. The van der Waals surface area contributed by atoms with Crippen LogP contribution in [0.2, 0.25) is 0 Å². The van der Waals surface area contributed by atoms with Crippen LogP contribution in [0, 0.1) is 0 Å². The molecule has 7 heteroatoms. The molecule has 1 aliphatic heterocycles. The van der Waals surface area contributed by atoms with E-state index in [1.54, 1.807) is 17.1 Å². The molecule has 0 spiro atoms. The van der Waals surface area contributed by atoms with Crippen molar-refractivity contribution in [1.29, 1.82) is 0 Å². The lowest BCUT2D eigenvalue weighted by Gasteiger charge is -2.35. The molecular formula is C14H19N5OS. The summed E-state index contributed by atoms with van der Waals surface area (Å²) in [5, 5.41) is 8.40. The lowest BCUT2D eigenvalue weighted by molar-refractivity contribution is 0.0678. The lowest BCUT2D eigenvalue weighted by atomic mass is 10.1. The van der Waals surface area contributed by atoms with Crippen LogP contribution in [0.5, 0.6) is 0 Å². The fourth-order valence-electron chi connectivity index (χ4n) is 2.69. The minimum atomic E-state index is 0.0721. The van der Waals surface area contributed by atoms with E-state index in [-0.39, 0.29) is 5.91 Å². The second-order valence-corrected chi connectivity index (χ2v) is 6.64. The molecule has 0 bridgehead atoms. The number of thiazole rings is 1. The van der Waals surface area contributed by atoms with Gasteiger partial charge in [0, 0.05) is 44.0 Å². The van der Waals surface area contributed by atoms with Crippen LogP contribution in [0.1, 0.15) is 23.5 Å². The second kappa shape index (κ2) is 5.57.